The lowest BCUT2D eigenvalue weighted by molar-refractivity contribution is 0.101. The van der Waals surface area contributed by atoms with E-state index in [2.05, 4.69) is 15.5 Å². The Hall–Kier alpha value is -2.78. The third kappa shape index (κ3) is 5.42. The molecule has 0 spiro atoms. The maximum atomic E-state index is 14.0. The number of nitrogens with zero attached hydrogens (tertiary/aromatic N) is 4. The van der Waals surface area contributed by atoms with Crippen LogP contribution in [0.15, 0.2) is 54.9 Å². The number of carbonyl (C=O) groups is 1. The first-order chi connectivity index (χ1) is 15.8. The van der Waals surface area contributed by atoms with Gasteiger partial charge in [0.1, 0.15) is 10.8 Å². The summed E-state index contributed by atoms with van der Waals surface area (Å²) in [5.41, 5.74) is 0.361. The van der Waals surface area contributed by atoms with Crippen LogP contribution < -0.4 is 10.1 Å². The molecule has 2 heterocycles. The standard InChI is InChI=1S/C21H14Cl4FN5O2/c22-13-3-2-6-17(26)12(13)9-31-10-16(25)20(29-31)27-21(32)18-7-8-30(28-18)11-33-19-14(23)4-1-5-15(19)24/h1-8,10H,9,11H2,(H,27,29,32). The molecule has 0 unspecified atom stereocenters. The van der Waals surface area contributed by atoms with Crippen LogP contribution in [-0.2, 0) is 13.3 Å². The van der Waals surface area contributed by atoms with Gasteiger partial charge in [-0.05, 0) is 30.3 Å². The second-order valence-corrected chi connectivity index (χ2v) is 8.37. The molecule has 0 saturated carbocycles. The number of rotatable bonds is 7. The molecule has 33 heavy (non-hydrogen) atoms. The van der Waals surface area contributed by atoms with Gasteiger partial charge in [-0.3, -0.25) is 9.48 Å². The maximum absolute atomic E-state index is 14.0. The molecular weight excluding hydrogens is 515 g/mol. The van der Waals surface area contributed by atoms with Gasteiger partial charge in [0.2, 0.25) is 0 Å². The predicted molar refractivity (Wildman–Crippen MR) is 125 cm³/mol. The number of ether oxygens (including phenoxy) is 1. The summed E-state index contributed by atoms with van der Waals surface area (Å²) in [7, 11) is 0. The van der Waals surface area contributed by atoms with E-state index in [1.165, 1.54) is 33.8 Å². The smallest absolute Gasteiger partial charge is 0.277 e. The van der Waals surface area contributed by atoms with Crippen LogP contribution in [0.2, 0.25) is 20.1 Å². The Bertz CT molecular complexity index is 1280. The zero-order valence-electron chi connectivity index (χ0n) is 16.6. The average molecular weight is 529 g/mol. The number of hydrogen-bond acceptors (Lipinski definition) is 4. The highest BCUT2D eigenvalue weighted by atomic mass is 35.5. The Morgan fingerprint density at radius 2 is 1.64 bits per heavy atom. The van der Waals surface area contributed by atoms with Crippen LogP contribution >= 0.6 is 46.4 Å². The zero-order chi connectivity index (χ0) is 23.5. The topological polar surface area (TPSA) is 74.0 Å². The molecule has 7 nitrogen and oxygen atoms in total. The summed E-state index contributed by atoms with van der Waals surface area (Å²) < 4.78 is 22.4. The Morgan fingerprint density at radius 3 is 2.36 bits per heavy atom. The molecule has 0 saturated heterocycles. The van der Waals surface area contributed by atoms with Crippen LogP contribution in [0.1, 0.15) is 16.1 Å². The van der Waals surface area contributed by atoms with Gasteiger partial charge >= 0.3 is 0 Å². The van der Waals surface area contributed by atoms with E-state index in [1.807, 2.05) is 0 Å². The largest absolute Gasteiger partial charge is 0.468 e. The quantitative estimate of drug-likeness (QED) is 0.311. The molecule has 4 rings (SSSR count). The van der Waals surface area contributed by atoms with E-state index < -0.39 is 11.7 Å². The number of nitrogens with one attached hydrogen (secondary N) is 1. The highest BCUT2D eigenvalue weighted by molar-refractivity contribution is 6.37. The summed E-state index contributed by atoms with van der Waals surface area (Å²) in [4.78, 5) is 12.6. The highest BCUT2D eigenvalue weighted by Crippen LogP contribution is 2.32. The lowest BCUT2D eigenvalue weighted by atomic mass is 10.2. The summed E-state index contributed by atoms with van der Waals surface area (Å²) >= 11 is 24.4. The van der Waals surface area contributed by atoms with E-state index in [4.69, 9.17) is 51.1 Å². The van der Waals surface area contributed by atoms with Gasteiger partial charge in [-0.1, -0.05) is 58.5 Å². The Labute approximate surface area is 207 Å². The van der Waals surface area contributed by atoms with Crippen LogP contribution in [0, 0.1) is 5.82 Å². The molecule has 0 aliphatic heterocycles. The van der Waals surface area contributed by atoms with Crippen molar-refractivity contribution < 1.29 is 13.9 Å². The number of anilines is 1. The first-order valence-electron chi connectivity index (χ1n) is 9.39. The van der Waals surface area contributed by atoms with E-state index in [0.29, 0.717) is 15.8 Å². The van der Waals surface area contributed by atoms with E-state index >= 15 is 0 Å². The van der Waals surface area contributed by atoms with Crippen molar-refractivity contribution in [2.24, 2.45) is 0 Å². The van der Waals surface area contributed by atoms with Gasteiger partial charge < -0.3 is 10.1 Å². The van der Waals surface area contributed by atoms with Crippen molar-refractivity contribution in [1.29, 1.82) is 0 Å². The molecule has 2 aromatic heterocycles. The van der Waals surface area contributed by atoms with Gasteiger partial charge in [-0.25, -0.2) is 9.07 Å². The Morgan fingerprint density at radius 1 is 0.939 bits per heavy atom. The molecule has 2 aromatic carbocycles. The molecule has 1 N–H and O–H groups in total. The first kappa shape index (κ1) is 23.4. The van der Waals surface area contributed by atoms with E-state index in [0.717, 1.165) is 0 Å². The van der Waals surface area contributed by atoms with Crippen LogP contribution in [0.4, 0.5) is 10.2 Å². The molecule has 0 bridgehead atoms. The number of halogens is 5. The van der Waals surface area contributed by atoms with Gasteiger partial charge in [-0.2, -0.15) is 10.2 Å². The molecule has 0 atom stereocenters. The van der Waals surface area contributed by atoms with Gasteiger partial charge in [0, 0.05) is 23.0 Å². The minimum absolute atomic E-state index is 0.0183. The van der Waals surface area contributed by atoms with Gasteiger partial charge in [0.05, 0.1) is 16.6 Å². The van der Waals surface area contributed by atoms with Crippen molar-refractivity contribution in [3.63, 3.8) is 0 Å². The second kappa shape index (κ2) is 10.0. The van der Waals surface area contributed by atoms with Gasteiger partial charge in [0.15, 0.2) is 24.0 Å². The fourth-order valence-electron chi connectivity index (χ4n) is 2.89. The summed E-state index contributed by atoms with van der Waals surface area (Å²) in [5, 5.41) is 12.1. The van der Waals surface area contributed by atoms with E-state index in [9.17, 15) is 9.18 Å². The molecule has 0 radical (unpaired) electrons. The summed E-state index contributed by atoms with van der Waals surface area (Å²) in [5.74, 6) is -0.594. The van der Waals surface area contributed by atoms with Crippen LogP contribution in [0.3, 0.4) is 0 Å². The Kier molecular flexibility index (Phi) is 7.09. The lowest BCUT2D eigenvalue weighted by Gasteiger charge is -2.09. The Balaban J connectivity index is 1.41. The van der Waals surface area contributed by atoms with Crippen LogP contribution in [0.5, 0.6) is 5.75 Å². The fourth-order valence-corrected chi connectivity index (χ4v) is 3.81. The number of hydrogen-bond donors (Lipinski definition) is 1. The summed E-state index contributed by atoms with van der Waals surface area (Å²) in [6.07, 6.45) is 3.01. The van der Waals surface area contributed by atoms with Crippen molar-refractivity contribution in [3.05, 3.63) is 92.0 Å². The molecule has 0 fully saturated rings. The zero-order valence-corrected chi connectivity index (χ0v) is 19.6. The summed E-state index contributed by atoms with van der Waals surface area (Å²) in [6.45, 7) is 0.0210. The monoisotopic (exact) mass is 527 g/mol. The predicted octanol–water partition coefficient (Wildman–Crippen LogP) is 6.17. The molecule has 0 aliphatic rings. The van der Waals surface area contributed by atoms with Crippen molar-refractivity contribution in [1.82, 2.24) is 19.6 Å². The van der Waals surface area contributed by atoms with Crippen molar-refractivity contribution in [2.75, 3.05) is 5.32 Å². The van der Waals surface area contributed by atoms with Crippen LogP contribution in [-0.4, -0.2) is 25.5 Å². The molecule has 4 aromatic rings. The van der Waals surface area contributed by atoms with Crippen LogP contribution in [0.25, 0.3) is 0 Å². The van der Waals surface area contributed by atoms with Crippen molar-refractivity contribution in [3.8, 4) is 5.75 Å². The number of para-hydroxylation sites is 1. The number of amides is 1. The van der Waals surface area contributed by atoms with Crippen molar-refractivity contribution >= 4 is 58.1 Å². The number of aromatic nitrogens is 4. The molecule has 1 amide bonds. The van der Waals surface area contributed by atoms with Gasteiger partial charge in [-0.15, -0.1) is 0 Å². The molecule has 0 aliphatic carbocycles. The lowest BCUT2D eigenvalue weighted by Crippen LogP contribution is -2.15. The molecular formula is C21H14Cl4FN5O2. The number of carbonyl (C=O) groups excluding carboxylic acids is 1. The SMILES string of the molecule is O=C(Nc1nn(Cc2c(F)cccc2Cl)cc1Cl)c1ccn(COc2c(Cl)cccc2Cl)n1. The minimum Gasteiger partial charge on any atom is -0.468 e. The second-order valence-electron chi connectivity index (χ2n) is 6.74. The van der Waals surface area contributed by atoms with E-state index in [-0.39, 0.29) is 40.4 Å². The maximum Gasteiger partial charge on any atom is 0.277 e. The summed E-state index contributed by atoms with van der Waals surface area (Å²) in [6, 6.07) is 10.9. The normalized spacial score (nSPS) is 10.9. The van der Waals surface area contributed by atoms with E-state index in [1.54, 1.807) is 30.5 Å². The van der Waals surface area contributed by atoms with Gasteiger partial charge in [0.25, 0.3) is 5.91 Å². The highest BCUT2D eigenvalue weighted by Gasteiger charge is 2.16. The fraction of sp³-hybridized carbons (Fsp3) is 0.0952. The average Bonchev–Trinajstić information content (AvgIpc) is 3.37. The first-order valence-corrected chi connectivity index (χ1v) is 10.9. The minimum atomic E-state index is -0.541. The molecule has 12 heteroatoms. The molecule has 170 valence electrons. The van der Waals surface area contributed by atoms with Crippen molar-refractivity contribution in [2.45, 2.75) is 13.3 Å². The third-order valence-electron chi connectivity index (χ3n) is 4.46. The third-order valence-corrected chi connectivity index (χ3v) is 5.69. The number of benzene rings is 2.